The van der Waals surface area contributed by atoms with E-state index in [-0.39, 0.29) is 0 Å². The number of hydrogen-bond donors (Lipinski definition) is 0. The molecule has 0 radical (unpaired) electrons. The van der Waals surface area contributed by atoms with Crippen molar-refractivity contribution in [2.75, 3.05) is 6.61 Å². The van der Waals surface area contributed by atoms with Crippen LogP contribution < -0.4 is 4.74 Å². The molecule has 0 unspecified atom stereocenters. The van der Waals surface area contributed by atoms with Gasteiger partial charge in [-0.2, -0.15) is 0 Å². The SMILES string of the molecule is CCCCOc1ccc(C#CC=C[C@H]2CC[C@H](c3ccc(CCC)cc3)CC2)cc1. The predicted octanol–water partition coefficient (Wildman–Crippen LogP) is 7.70. The Labute approximate surface area is 183 Å². The summed E-state index contributed by atoms with van der Waals surface area (Å²) in [6.07, 6.45) is 14.1. The molecule has 0 N–H and O–H groups in total. The van der Waals surface area contributed by atoms with E-state index in [9.17, 15) is 0 Å². The second-order valence-corrected chi connectivity index (χ2v) is 8.46. The number of ether oxygens (including phenoxy) is 1. The van der Waals surface area contributed by atoms with Gasteiger partial charge in [0.25, 0.3) is 0 Å². The molecule has 30 heavy (non-hydrogen) atoms. The van der Waals surface area contributed by atoms with Crippen LogP contribution in [0.3, 0.4) is 0 Å². The van der Waals surface area contributed by atoms with Crippen molar-refractivity contribution in [1.82, 2.24) is 0 Å². The van der Waals surface area contributed by atoms with Crippen LogP contribution in [0, 0.1) is 17.8 Å². The lowest BCUT2D eigenvalue weighted by atomic mass is 9.78. The molecule has 0 atom stereocenters. The van der Waals surface area contributed by atoms with E-state index in [2.05, 4.69) is 62.1 Å². The Kier molecular flexibility index (Phi) is 9.10. The normalized spacial score (nSPS) is 18.7. The highest BCUT2D eigenvalue weighted by Gasteiger charge is 2.20. The molecule has 1 saturated carbocycles. The Morgan fingerprint density at radius 2 is 1.63 bits per heavy atom. The third-order valence-electron chi connectivity index (χ3n) is 6.05. The lowest BCUT2D eigenvalue weighted by Crippen LogP contribution is -2.11. The number of hydrogen-bond acceptors (Lipinski definition) is 1. The highest BCUT2D eigenvalue weighted by molar-refractivity contribution is 5.40. The first-order chi connectivity index (χ1) is 14.8. The van der Waals surface area contributed by atoms with Gasteiger partial charge in [0.1, 0.15) is 5.75 Å². The molecule has 1 nitrogen and oxygen atoms in total. The third-order valence-corrected chi connectivity index (χ3v) is 6.05. The van der Waals surface area contributed by atoms with E-state index in [1.165, 1.54) is 49.7 Å². The number of allylic oxidation sites excluding steroid dienone is 2. The van der Waals surface area contributed by atoms with Crippen molar-refractivity contribution >= 4 is 0 Å². The van der Waals surface area contributed by atoms with Crippen LogP contribution in [0.4, 0.5) is 0 Å². The zero-order valence-electron chi connectivity index (χ0n) is 18.7. The van der Waals surface area contributed by atoms with Crippen LogP contribution in [0.2, 0.25) is 0 Å². The van der Waals surface area contributed by atoms with Crippen LogP contribution in [-0.4, -0.2) is 6.61 Å². The van der Waals surface area contributed by atoms with Gasteiger partial charge in [-0.3, -0.25) is 0 Å². The second-order valence-electron chi connectivity index (χ2n) is 8.46. The Hall–Kier alpha value is -2.46. The van der Waals surface area contributed by atoms with Gasteiger partial charge in [0, 0.05) is 5.56 Å². The van der Waals surface area contributed by atoms with Crippen LogP contribution in [0.1, 0.15) is 81.4 Å². The smallest absolute Gasteiger partial charge is 0.119 e. The Morgan fingerprint density at radius 3 is 2.30 bits per heavy atom. The van der Waals surface area contributed by atoms with Crippen molar-refractivity contribution in [2.24, 2.45) is 5.92 Å². The van der Waals surface area contributed by atoms with Crippen molar-refractivity contribution in [3.05, 3.63) is 77.4 Å². The van der Waals surface area contributed by atoms with Crippen LogP contribution >= 0.6 is 0 Å². The van der Waals surface area contributed by atoms with Crippen LogP contribution in [0.5, 0.6) is 5.75 Å². The van der Waals surface area contributed by atoms with Crippen molar-refractivity contribution < 1.29 is 4.74 Å². The fourth-order valence-corrected chi connectivity index (χ4v) is 4.17. The summed E-state index contributed by atoms with van der Waals surface area (Å²) >= 11 is 0. The number of rotatable bonds is 8. The van der Waals surface area contributed by atoms with E-state index < -0.39 is 0 Å². The fraction of sp³-hybridized carbons (Fsp3) is 0.448. The van der Waals surface area contributed by atoms with Gasteiger partial charge in [-0.1, -0.05) is 68.9 Å². The van der Waals surface area contributed by atoms with Crippen molar-refractivity contribution in [3.8, 4) is 17.6 Å². The summed E-state index contributed by atoms with van der Waals surface area (Å²) in [5.74, 6) is 8.78. The van der Waals surface area contributed by atoms with E-state index >= 15 is 0 Å². The average molecular weight is 401 g/mol. The van der Waals surface area contributed by atoms with Gasteiger partial charge in [0.2, 0.25) is 0 Å². The van der Waals surface area contributed by atoms with E-state index in [0.717, 1.165) is 36.7 Å². The minimum Gasteiger partial charge on any atom is -0.494 e. The lowest BCUT2D eigenvalue weighted by Gasteiger charge is -2.27. The number of unbranched alkanes of at least 4 members (excludes halogenated alkanes) is 1. The molecule has 0 aromatic heterocycles. The second kappa shape index (κ2) is 12.3. The summed E-state index contributed by atoms with van der Waals surface area (Å²) in [6, 6.07) is 17.5. The molecule has 0 aliphatic heterocycles. The van der Waals surface area contributed by atoms with Gasteiger partial charge >= 0.3 is 0 Å². The first kappa shape index (κ1) is 22.2. The molecule has 158 valence electrons. The van der Waals surface area contributed by atoms with Gasteiger partial charge in [-0.05, 0) is 91.8 Å². The minimum absolute atomic E-state index is 0.671. The van der Waals surface area contributed by atoms with Gasteiger partial charge in [-0.15, -0.1) is 0 Å². The van der Waals surface area contributed by atoms with Crippen molar-refractivity contribution in [1.29, 1.82) is 0 Å². The van der Waals surface area contributed by atoms with Crippen LogP contribution in [0.25, 0.3) is 0 Å². The lowest BCUT2D eigenvalue weighted by molar-refractivity contribution is 0.309. The summed E-state index contributed by atoms with van der Waals surface area (Å²) in [6.45, 7) is 5.21. The molecular formula is C29H36O. The summed E-state index contributed by atoms with van der Waals surface area (Å²) in [4.78, 5) is 0. The maximum Gasteiger partial charge on any atom is 0.119 e. The van der Waals surface area contributed by atoms with Gasteiger partial charge < -0.3 is 4.74 Å². The highest BCUT2D eigenvalue weighted by atomic mass is 16.5. The molecule has 0 spiro atoms. The molecule has 1 aliphatic carbocycles. The van der Waals surface area contributed by atoms with Crippen molar-refractivity contribution in [2.45, 2.75) is 71.1 Å². The van der Waals surface area contributed by atoms with E-state index in [1.54, 1.807) is 0 Å². The molecule has 3 rings (SSSR count). The van der Waals surface area contributed by atoms with Gasteiger partial charge in [0.05, 0.1) is 6.61 Å². The van der Waals surface area contributed by atoms with E-state index in [1.807, 2.05) is 24.3 Å². The molecule has 0 bridgehead atoms. The minimum atomic E-state index is 0.671. The summed E-state index contributed by atoms with van der Waals surface area (Å²) in [5.41, 5.74) is 4.03. The summed E-state index contributed by atoms with van der Waals surface area (Å²) < 4.78 is 5.70. The van der Waals surface area contributed by atoms with Crippen LogP contribution in [0.15, 0.2) is 60.7 Å². The standard InChI is InChI=1S/C29H36O/c1-3-5-23-30-29-21-15-26(16-22-29)10-7-6-9-25-13-19-28(20-14-25)27-17-11-24(8-4-2)12-18-27/h6,9,11-12,15-18,21-22,25,28H,3-5,8,13-14,19-20,23H2,1-2H3/t25-,28-. The fourth-order valence-electron chi connectivity index (χ4n) is 4.17. The highest BCUT2D eigenvalue weighted by Crippen LogP contribution is 2.36. The molecule has 2 aromatic carbocycles. The molecule has 0 amide bonds. The first-order valence-electron chi connectivity index (χ1n) is 11.8. The predicted molar refractivity (Wildman–Crippen MR) is 128 cm³/mol. The largest absolute Gasteiger partial charge is 0.494 e. The van der Waals surface area contributed by atoms with Crippen molar-refractivity contribution in [3.63, 3.8) is 0 Å². The zero-order valence-corrected chi connectivity index (χ0v) is 18.7. The van der Waals surface area contributed by atoms with Gasteiger partial charge in [-0.25, -0.2) is 0 Å². The quantitative estimate of drug-likeness (QED) is 0.326. The first-order valence-corrected chi connectivity index (χ1v) is 11.8. The molecule has 0 heterocycles. The maximum atomic E-state index is 5.70. The van der Waals surface area contributed by atoms with Crippen LogP contribution in [-0.2, 0) is 6.42 Å². The van der Waals surface area contributed by atoms with E-state index in [0.29, 0.717) is 5.92 Å². The Bertz CT molecular complexity index is 825. The molecule has 0 saturated heterocycles. The molecule has 2 aromatic rings. The summed E-state index contributed by atoms with van der Waals surface area (Å²) in [7, 11) is 0. The zero-order chi connectivity index (χ0) is 21.0. The third kappa shape index (κ3) is 7.10. The molecule has 1 heteroatoms. The average Bonchev–Trinajstić information content (AvgIpc) is 2.79. The van der Waals surface area contributed by atoms with Gasteiger partial charge in [0.15, 0.2) is 0 Å². The number of aryl methyl sites for hydroxylation is 1. The van der Waals surface area contributed by atoms with E-state index in [4.69, 9.17) is 4.74 Å². The molecule has 1 fully saturated rings. The number of benzene rings is 2. The Morgan fingerprint density at radius 1 is 0.900 bits per heavy atom. The molecular weight excluding hydrogens is 364 g/mol. The Balaban J connectivity index is 1.43. The topological polar surface area (TPSA) is 9.23 Å². The maximum absolute atomic E-state index is 5.70. The monoisotopic (exact) mass is 400 g/mol. The molecule has 1 aliphatic rings. The summed E-state index contributed by atoms with van der Waals surface area (Å²) in [5, 5.41) is 0.